The summed E-state index contributed by atoms with van der Waals surface area (Å²) in [6, 6.07) is 0.862. The molecule has 0 saturated heterocycles. The summed E-state index contributed by atoms with van der Waals surface area (Å²) in [7, 11) is 0. The second kappa shape index (κ2) is 6.04. The van der Waals surface area contributed by atoms with Crippen molar-refractivity contribution in [1.29, 1.82) is 0 Å². The SMILES string of the molecule is CC(=O)NCCC(=O)N1CCc2sccc2C1C(=O)O. The lowest BCUT2D eigenvalue weighted by molar-refractivity contribution is -0.151. The van der Waals surface area contributed by atoms with Crippen LogP contribution in [0.4, 0.5) is 0 Å². The number of hydrogen-bond donors (Lipinski definition) is 2. The number of thiophene rings is 1. The molecule has 108 valence electrons. The van der Waals surface area contributed by atoms with Crippen LogP contribution in [0.2, 0.25) is 0 Å². The molecule has 7 heteroatoms. The summed E-state index contributed by atoms with van der Waals surface area (Å²) >= 11 is 1.52. The molecular formula is C13H16N2O4S. The van der Waals surface area contributed by atoms with Gasteiger partial charge in [-0.1, -0.05) is 0 Å². The zero-order valence-electron chi connectivity index (χ0n) is 11.1. The zero-order valence-corrected chi connectivity index (χ0v) is 11.9. The van der Waals surface area contributed by atoms with Crippen molar-refractivity contribution in [3.05, 3.63) is 21.9 Å². The monoisotopic (exact) mass is 296 g/mol. The van der Waals surface area contributed by atoms with Crippen molar-refractivity contribution >= 4 is 29.1 Å². The third-order valence-corrected chi connectivity index (χ3v) is 4.23. The number of rotatable bonds is 4. The Bertz CT molecular complexity index is 540. The summed E-state index contributed by atoms with van der Waals surface area (Å²) in [5, 5.41) is 13.8. The van der Waals surface area contributed by atoms with Crippen molar-refractivity contribution in [2.24, 2.45) is 0 Å². The minimum absolute atomic E-state index is 0.114. The van der Waals surface area contributed by atoms with Crippen molar-refractivity contribution in [3.63, 3.8) is 0 Å². The molecule has 1 atom stereocenters. The summed E-state index contributed by atoms with van der Waals surface area (Å²) in [6.45, 7) is 2.01. The van der Waals surface area contributed by atoms with E-state index >= 15 is 0 Å². The lowest BCUT2D eigenvalue weighted by Crippen LogP contribution is -2.44. The molecule has 0 fully saturated rings. The van der Waals surface area contributed by atoms with Crippen LogP contribution in [-0.2, 0) is 20.8 Å². The number of aliphatic carboxylic acids is 1. The van der Waals surface area contributed by atoms with E-state index < -0.39 is 12.0 Å². The second-order valence-corrected chi connectivity index (χ2v) is 5.61. The number of nitrogens with zero attached hydrogens (tertiary/aromatic N) is 1. The van der Waals surface area contributed by atoms with Gasteiger partial charge in [0.25, 0.3) is 0 Å². The molecule has 0 radical (unpaired) electrons. The van der Waals surface area contributed by atoms with Crippen LogP contribution in [0.15, 0.2) is 11.4 Å². The molecule has 2 rings (SSSR count). The van der Waals surface area contributed by atoms with Gasteiger partial charge in [-0.15, -0.1) is 11.3 Å². The number of amides is 2. The normalized spacial score (nSPS) is 17.4. The van der Waals surface area contributed by atoms with E-state index in [9.17, 15) is 19.5 Å². The standard InChI is InChI=1S/C13H16N2O4S/c1-8(16)14-5-2-11(17)15-6-3-10-9(4-7-20-10)12(15)13(18)19/h4,7,12H,2-3,5-6H2,1H3,(H,14,16)(H,18,19). The fourth-order valence-electron chi connectivity index (χ4n) is 2.34. The van der Waals surface area contributed by atoms with Gasteiger partial charge < -0.3 is 15.3 Å². The topological polar surface area (TPSA) is 86.7 Å². The molecule has 2 heterocycles. The van der Waals surface area contributed by atoms with E-state index in [4.69, 9.17) is 0 Å². The Kier molecular flexibility index (Phi) is 4.39. The first kappa shape index (κ1) is 14.5. The molecule has 1 aliphatic rings. The van der Waals surface area contributed by atoms with Gasteiger partial charge >= 0.3 is 5.97 Å². The number of hydrogen-bond acceptors (Lipinski definition) is 4. The Labute approximate surface area is 120 Å². The molecule has 0 bridgehead atoms. The van der Waals surface area contributed by atoms with Crippen LogP contribution >= 0.6 is 11.3 Å². The van der Waals surface area contributed by atoms with Gasteiger partial charge in [-0.25, -0.2) is 4.79 Å². The minimum atomic E-state index is -1.02. The molecule has 0 spiro atoms. The molecule has 0 aromatic carbocycles. The summed E-state index contributed by atoms with van der Waals surface area (Å²) in [5.41, 5.74) is 0.710. The molecule has 1 unspecified atom stereocenters. The maximum Gasteiger partial charge on any atom is 0.331 e. The number of fused-ring (bicyclic) bond motifs is 1. The van der Waals surface area contributed by atoms with Crippen LogP contribution in [0.5, 0.6) is 0 Å². The van der Waals surface area contributed by atoms with Crippen molar-refractivity contribution < 1.29 is 19.5 Å². The predicted octanol–water partition coefficient (Wildman–Crippen LogP) is 0.785. The molecule has 1 aromatic heterocycles. The predicted molar refractivity (Wildman–Crippen MR) is 73.4 cm³/mol. The number of carbonyl (C=O) groups excluding carboxylic acids is 2. The van der Waals surface area contributed by atoms with Crippen LogP contribution in [0.1, 0.15) is 29.8 Å². The Morgan fingerprint density at radius 2 is 2.25 bits per heavy atom. The van der Waals surface area contributed by atoms with Crippen LogP contribution in [-0.4, -0.2) is 40.9 Å². The highest BCUT2D eigenvalue weighted by atomic mass is 32.1. The summed E-state index contributed by atoms with van der Waals surface area (Å²) in [5.74, 6) is -1.47. The van der Waals surface area contributed by atoms with Gasteiger partial charge in [-0.05, 0) is 23.4 Å². The molecule has 0 saturated carbocycles. The smallest absolute Gasteiger partial charge is 0.331 e. The molecule has 1 aromatic rings. The number of carboxylic acid groups (broad SMARTS) is 1. The Balaban J connectivity index is 2.09. The first-order chi connectivity index (χ1) is 9.50. The van der Waals surface area contributed by atoms with E-state index in [0.29, 0.717) is 18.5 Å². The van der Waals surface area contributed by atoms with E-state index in [1.165, 1.54) is 23.2 Å². The average Bonchev–Trinajstić information content (AvgIpc) is 2.84. The molecule has 2 amide bonds. The van der Waals surface area contributed by atoms with Crippen LogP contribution in [0.3, 0.4) is 0 Å². The minimum Gasteiger partial charge on any atom is -0.479 e. The van der Waals surface area contributed by atoms with Crippen molar-refractivity contribution in [2.75, 3.05) is 13.1 Å². The summed E-state index contributed by atoms with van der Waals surface area (Å²) < 4.78 is 0. The molecule has 0 aliphatic carbocycles. The molecule has 1 aliphatic heterocycles. The first-order valence-electron chi connectivity index (χ1n) is 6.33. The number of carboxylic acids is 1. The summed E-state index contributed by atoms with van der Waals surface area (Å²) in [6.07, 6.45) is 0.797. The molecule has 6 nitrogen and oxygen atoms in total. The fourth-order valence-corrected chi connectivity index (χ4v) is 3.24. The molecule has 20 heavy (non-hydrogen) atoms. The maximum atomic E-state index is 12.1. The van der Waals surface area contributed by atoms with Gasteiger partial charge in [0.05, 0.1) is 0 Å². The van der Waals surface area contributed by atoms with Crippen molar-refractivity contribution in [3.8, 4) is 0 Å². The maximum absolute atomic E-state index is 12.1. The van der Waals surface area contributed by atoms with Crippen LogP contribution in [0.25, 0.3) is 0 Å². The average molecular weight is 296 g/mol. The van der Waals surface area contributed by atoms with E-state index in [1.54, 1.807) is 6.07 Å². The highest BCUT2D eigenvalue weighted by Gasteiger charge is 2.36. The highest BCUT2D eigenvalue weighted by molar-refractivity contribution is 7.10. The van der Waals surface area contributed by atoms with Crippen molar-refractivity contribution in [2.45, 2.75) is 25.8 Å². The van der Waals surface area contributed by atoms with Crippen LogP contribution in [0, 0.1) is 0 Å². The lowest BCUT2D eigenvalue weighted by atomic mass is 9.99. The van der Waals surface area contributed by atoms with E-state index in [-0.39, 0.29) is 24.8 Å². The van der Waals surface area contributed by atoms with Gasteiger partial charge in [0.15, 0.2) is 6.04 Å². The van der Waals surface area contributed by atoms with Gasteiger partial charge in [0, 0.05) is 31.3 Å². The lowest BCUT2D eigenvalue weighted by Gasteiger charge is -2.33. The first-order valence-corrected chi connectivity index (χ1v) is 7.21. The van der Waals surface area contributed by atoms with Gasteiger partial charge in [0.1, 0.15) is 0 Å². The quantitative estimate of drug-likeness (QED) is 0.860. The third-order valence-electron chi connectivity index (χ3n) is 3.23. The molecule has 2 N–H and O–H groups in total. The van der Waals surface area contributed by atoms with Crippen molar-refractivity contribution in [1.82, 2.24) is 10.2 Å². The highest BCUT2D eigenvalue weighted by Crippen LogP contribution is 2.33. The second-order valence-electron chi connectivity index (χ2n) is 4.61. The number of carbonyl (C=O) groups is 3. The third kappa shape index (κ3) is 2.98. The van der Waals surface area contributed by atoms with E-state index in [2.05, 4.69) is 5.32 Å². The van der Waals surface area contributed by atoms with Gasteiger partial charge in [-0.2, -0.15) is 0 Å². The molecular weight excluding hydrogens is 280 g/mol. The largest absolute Gasteiger partial charge is 0.479 e. The Morgan fingerprint density at radius 1 is 1.50 bits per heavy atom. The van der Waals surface area contributed by atoms with E-state index in [0.717, 1.165) is 4.88 Å². The number of nitrogens with one attached hydrogen (secondary N) is 1. The Morgan fingerprint density at radius 3 is 2.90 bits per heavy atom. The zero-order chi connectivity index (χ0) is 14.7. The Hall–Kier alpha value is -1.89. The fraction of sp³-hybridized carbons (Fsp3) is 0.462. The van der Waals surface area contributed by atoms with Gasteiger partial charge in [0.2, 0.25) is 11.8 Å². The summed E-state index contributed by atoms with van der Waals surface area (Å²) in [4.78, 5) is 36.8. The van der Waals surface area contributed by atoms with Crippen LogP contribution < -0.4 is 5.32 Å². The van der Waals surface area contributed by atoms with E-state index in [1.807, 2.05) is 5.38 Å². The van der Waals surface area contributed by atoms with Gasteiger partial charge in [-0.3, -0.25) is 9.59 Å².